The van der Waals surface area contributed by atoms with Gasteiger partial charge in [0, 0.05) is 47.7 Å². The zero-order valence-electron chi connectivity index (χ0n) is 31.6. The number of amides is 1. The SMILES string of the molecule is Cn1nc(NS(C)(=O)=O)c2cccc(-c3cc4sc(NCC(C)(C)O)nc4nc3[C@H](Cc3cc(F)cc(F)c3)NC(=O)Cn3nc(C(F)F)c4c3C(F)(F)[C@@H]3C=C[C@H]43)c21. The van der Waals surface area contributed by atoms with Crippen LogP contribution >= 0.6 is 11.3 Å². The summed E-state index contributed by atoms with van der Waals surface area (Å²) in [5, 5.41) is 25.1. The molecule has 0 unspecified atom stereocenters. The van der Waals surface area contributed by atoms with E-state index in [1.54, 1.807) is 45.2 Å². The van der Waals surface area contributed by atoms with E-state index in [4.69, 9.17) is 4.98 Å². The second-order valence-corrected chi connectivity index (χ2v) is 18.0. The van der Waals surface area contributed by atoms with Crippen LogP contribution < -0.4 is 15.4 Å². The predicted molar refractivity (Wildman–Crippen MR) is 208 cm³/mol. The number of allylic oxidation sites excluding steroid dienone is 2. The largest absolute Gasteiger partial charge is 0.389 e. The van der Waals surface area contributed by atoms with Crippen LogP contribution in [0.2, 0.25) is 0 Å². The number of halogens is 6. The van der Waals surface area contributed by atoms with Gasteiger partial charge in [0.1, 0.15) is 29.6 Å². The molecule has 4 aromatic heterocycles. The molecule has 3 atom stereocenters. The number of benzene rings is 2. The molecule has 21 heteroatoms. The number of nitrogens with one attached hydrogen (secondary N) is 3. The van der Waals surface area contributed by atoms with Crippen molar-refractivity contribution in [3.05, 3.63) is 94.5 Å². The summed E-state index contributed by atoms with van der Waals surface area (Å²) in [5.74, 6) is -8.72. The third-order valence-electron chi connectivity index (χ3n) is 10.0. The summed E-state index contributed by atoms with van der Waals surface area (Å²) in [5.41, 5.74) is -1.56. The molecule has 2 aliphatic rings. The maximum absolute atomic E-state index is 15.6. The normalized spacial score (nSPS) is 17.6. The van der Waals surface area contributed by atoms with Crippen molar-refractivity contribution in [3.8, 4) is 11.1 Å². The molecule has 310 valence electrons. The molecule has 0 radical (unpaired) electrons. The number of carbonyl (C=O) groups is 1. The number of thiazole rings is 1. The molecular weight excluding hydrogens is 825 g/mol. The third kappa shape index (κ3) is 7.61. The summed E-state index contributed by atoms with van der Waals surface area (Å²) in [7, 11) is -2.19. The van der Waals surface area contributed by atoms with Crippen molar-refractivity contribution in [1.29, 1.82) is 0 Å². The number of sulfonamides is 1. The lowest BCUT2D eigenvalue weighted by Crippen LogP contribution is -2.35. The first-order valence-electron chi connectivity index (χ1n) is 18.1. The van der Waals surface area contributed by atoms with Gasteiger partial charge in [0.2, 0.25) is 15.9 Å². The maximum Gasteiger partial charge on any atom is 0.296 e. The Morgan fingerprint density at radius 2 is 1.76 bits per heavy atom. The van der Waals surface area contributed by atoms with Crippen molar-refractivity contribution in [2.75, 3.05) is 22.8 Å². The lowest BCUT2D eigenvalue weighted by Gasteiger charge is -2.27. The molecular formula is C38H35F6N9O4S2. The molecule has 0 bridgehead atoms. The standard InChI is InChI=1S/C38H35F6N9O4S2/c1-37(2,55)16-45-36-48-35-26(58-36)14-23(20-6-5-7-22-31(20)52(3)50-34(22)51-59(4,56)57)29(47-35)25(12-17-10-18(39)13-19(40)11-17)46-27(54)15-53-32-28(30(49-53)33(41)42)21-8-9-24(21)38(32,43)44/h5-11,13-14,21,24-25,33,55H,12,15-16H2,1-4H3,(H,46,54)(H,50,51)(H,45,47,48)/t21-,24+,25-/m0/s1. The fourth-order valence-electron chi connectivity index (χ4n) is 7.65. The highest BCUT2D eigenvalue weighted by Gasteiger charge is 2.60. The molecule has 0 saturated heterocycles. The van der Waals surface area contributed by atoms with E-state index in [2.05, 4.69) is 30.5 Å². The lowest BCUT2D eigenvalue weighted by molar-refractivity contribution is -0.123. The van der Waals surface area contributed by atoms with Crippen LogP contribution in [0.25, 0.3) is 32.4 Å². The van der Waals surface area contributed by atoms with Crippen molar-refractivity contribution in [2.45, 2.75) is 56.7 Å². The second kappa shape index (κ2) is 14.3. The van der Waals surface area contributed by atoms with E-state index in [0.717, 1.165) is 18.4 Å². The average Bonchev–Trinajstić information content (AvgIpc) is 3.80. The zero-order valence-corrected chi connectivity index (χ0v) is 33.2. The molecule has 0 fully saturated rings. The van der Waals surface area contributed by atoms with E-state index >= 15 is 8.78 Å². The molecule has 2 aliphatic carbocycles. The summed E-state index contributed by atoms with van der Waals surface area (Å²) < 4.78 is 118. The summed E-state index contributed by atoms with van der Waals surface area (Å²) in [6, 6.07) is 8.15. The van der Waals surface area contributed by atoms with E-state index in [1.165, 1.54) is 28.2 Å². The van der Waals surface area contributed by atoms with Crippen LogP contribution in [0.5, 0.6) is 0 Å². The Morgan fingerprint density at radius 1 is 1.03 bits per heavy atom. The fourth-order valence-corrected chi connectivity index (χ4v) is 9.00. The number of aryl methyl sites for hydroxylation is 1. The zero-order chi connectivity index (χ0) is 42.3. The Hall–Kier alpha value is -5.54. The van der Waals surface area contributed by atoms with Gasteiger partial charge in [-0.25, -0.2) is 35.9 Å². The number of aromatic nitrogens is 6. The highest BCUT2D eigenvalue weighted by molar-refractivity contribution is 7.92. The Kier molecular flexibility index (Phi) is 9.78. The van der Waals surface area contributed by atoms with Gasteiger partial charge in [0.15, 0.2) is 16.6 Å². The van der Waals surface area contributed by atoms with Gasteiger partial charge in [-0.15, -0.1) is 0 Å². The number of fused-ring (bicyclic) bond motifs is 5. The van der Waals surface area contributed by atoms with Crippen molar-refractivity contribution < 1.29 is 44.7 Å². The van der Waals surface area contributed by atoms with Crippen LogP contribution in [0, 0.1) is 17.6 Å². The first kappa shape index (κ1) is 40.2. The van der Waals surface area contributed by atoms with Gasteiger partial charge in [0.05, 0.1) is 39.7 Å². The Bertz CT molecular complexity index is 2790. The lowest BCUT2D eigenvalue weighted by atomic mass is 9.81. The van der Waals surface area contributed by atoms with E-state index in [0.29, 0.717) is 42.6 Å². The third-order valence-corrected chi connectivity index (χ3v) is 11.6. The number of hydrogen-bond acceptors (Lipinski definition) is 10. The minimum Gasteiger partial charge on any atom is -0.389 e. The monoisotopic (exact) mass is 859 g/mol. The molecule has 4 heterocycles. The number of pyridine rings is 1. The van der Waals surface area contributed by atoms with Crippen molar-refractivity contribution in [3.63, 3.8) is 0 Å². The topological polar surface area (TPSA) is 169 Å². The van der Waals surface area contributed by atoms with Gasteiger partial charge in [-0.05, 0) is 50.1 Å². The number of anilines is 2. The van der Waals surface area contributed by atoms with Crippen LogP contribution in [-0.4, -0.2) is 67.4 Å². The van der Waals surface area contributed by atoms with Crippen LogP contribution in [0.3, 0.4) is 0 Å². The Morgan fingerprint density at radius 3 is 2.41 bits per heavy atom. The smallest absolute Gasteiger partial charge is 0.296 e. The molecule has 2 aromatic carbocycles. The van der Waals surface area contributed by atoms with Gasteiger partial charge in [-0.3, -0.25) is 18.9 Å². The van der Waals surface area contributed by atoms with Crippen molar-refractivity contribution in [2.24, 2.45) is 13.0 Å². The molecule has 13 nitrogen and oxygen atoms in total. The Labute approximate surface area is 336 Å². The highest BCUT2D eigenvalue weighted by Crippen LogP contribution is 2.60. The number of hydrogen-bond donors (Lipinski definition) is 4. The van der Waals surface area contributed by atoms with Gasteiger partial charge in [-0.1, -0.05) is 35.6 Å². The molecule has 0 aliphatic heterocycles. The molecule has 4 N–H and O–H groups in total. The quantitative estimate of drug-likeness (QED) is 0.0731. The van der Waals surface area contributed by atoms with Gasteiger partial charge >= 0.3 is 0 Å². The number of para-hydroxylation sites is 1. The van der Waals surface area contributed by atoms with Crippen LogP contribution in [0.15, 0.2) is 54.6 Å². The molecule has 0 spiro atoms. The van der Waals surface area contributed by atoms with E-state index < -0.39 is 81.3 Å². The first-order chi connectivity index (χ1) is 27.7. The fraction of sp³-hybridized carbons (Fsp3) is 0.342. The summed E-state index contributed by atoms with van der Waals surface area (Å²) in [6.45, 7) is 2.39. The van der Waals surface area contributed by atoms with Crippen LogP contribution in [-0.2, 0) is 40.8 Å². The number of rotatable bonds is 13. The van der Waals surface area contributed by atoms with Gasteiger partial charge in [-0.2, -0.15) is 19.0 Å². The molecule has 6 aromatic rings. The molecule has 0 saturated carbocycles. The predicted octanol–water partition coefficient (Wildman–Crippen LogP) is 6.69. The number of nitrogens with zero attached hydrogens (tertiary/aromatic N) is 6. The maximum atomic E-state index is 15.6. The highest BCUT2D eigenvalue weighted by atomic mass is 32.2. The Balaban J connectivity index is 1.28. The van der Waals surface area contributed by atoms with E-state index in [1.807, 2.05) is 0 Å². The first-order valence-corrected chi connectivity index (χ1v) is 20.8. The van der Waals surface area contributed by atoms with Crippen molar-refractivity contribution >= 4 is 59.5 Å². The number of carbonyl (C=O) groups excluding carboxylic acids is 1. The van der Waals surface area contributed by atoms with E-state index in [9.17, 15) is 35.9 Å². The summed E-state index contributed by atoms with van der Waals surface area (Å²) >= 11 is 1.19. The van der Waals surface area contributed by atoms with Crippen LogP contribution in [0.4, 0.5) is 37.3 Å². The number of alkyl halides is 4. The molecule has 1 amide bonds. The second-order valence-electron chi connectivity index (χ2n) is 15.2. The molecule has 8 rings (SSSR count). The van der Waals surface area contributed by atoms with Crippen LogP contribution in [0.1, 0.15) is 60.4 Å². The minimum absolute atomic E-state index is 0.0220. The van der Waals surface area contributed by atoms with Gasteiger partial charge in [0.25, 0.3) is 12.3 Å². The number of aliphatic hydroxyl groups is 1. The van der Waals surface area contributed by atoms with Gasteiger partial charge < -0.3 is 15.7 Å². The average molecular weight is 860 g/mol. The summed E-state index contributed by atoms with van der Waals surface area (Å²) in [6.07, 6.45) is 0.0832. The van der Waals surface area contributed by atoms with E-state index in [-0.39, 0.29) is 41.3 Å². The summed E-state index contributed by atoms with van der Waals surface area (Å²) in [4.78, 5) is 23.5. The minimum atomic E-state index is -3.77. The van der Waals surface area contributed by atoms with Crippen molar-refractivity contribution in [1.82, 2.24) is 34.8 Å². The molecule has 59 heavy (non-hydrogen) atoms.